The predicted octanol–water partition coefficient (Wildman–Crippen LogP) is 2.21. The van der Waals surface area contributed by atoms with E-state index in [4.69, 9.17) is 4.42 Å². The first-order chi connectivity index (χ1) is 9.72. The molecule has 102 valence electrons. The summed E-state index contributed by atoms with van der Waals surface area (Å²) in [5.41, 5.74) is 1.86. The van der Waals surface area contributed by atoms with Crippen molar-refractivity contribution in [3.05, 3.63) is 59.9 Å². The molecule has 0 unspecified atom stereocenters. The van der Waals surface area contributed by atoms with Gasteiger partial charge in [-0.25, -0.2) is 4.98 Å². The fourth-order valence-electron chi connectivity index (χ4n) is 2.06. The van der Waals surface area contributed by atoms with E-state index >= 15 is 0 Å². The third kappa shape index (κ3) is 2.56. The number of fused-ring (bicyclic) bond motifs is 1. The zero-order chi connectivity index (χ0) is 13.9. The van der Waals surface area contributed by atoms with Crippen molar-refractivity contribution in [2.24, 2.45) is 0 Å². The van der Waals surface area contributed by atoms with Crippen molar-refractivity contribution in [3.63, 3.8) is 0 Å². The van der Waals surface area contributed by atoms with E-state index in [1.807, 2.05) is 41.9 Å². The van der Waals surface area contributed by atoms with Gasteiger partial charge in [-0.1, -0.05) is 6.07 Å². The molecule has 0 spiro atoms. The zero-order valence-corrected chi connectivity index (χ0v) is 11.2. The number of pyridine rings is 1. The highest BCUT2D eigenvalue weighted by molar-refractivity contribution is 5.91. The molecule has 3 rings (SSSR count). The topological polar surface area (TPSA) is 59.5 Å². The van der Waals surface area contributed by atoms with Crippen molar-refractivity contribution in [3.8, 4) is 0 Å². The van der Waals surface area contributed by atoms with Crippen LogP contribution in [0.25, 0.3) is 5.65 Å². The second kappa shape index (κ2) is 5.21. The van der Waals surface area contributed by atoms with E-state index in [1.54, 1.807) is 12.1 Å². The summed E-state index contributed by atoms with van der Waals surface area (Å²) >= 11 is 0. The van der Waals surface area contributed by atoms with Gasteiger partial charge in [0.05, 0.1) is 5.69 Å². The van der Waals surface area contributed by atoms with Crippen LogP contribution in [0.1, 0.15) is 22.0 Å². The minimum atomic E-state index is -0.193. The zero-order valence-electron chi connectivity index (χ0n) is 11.2. The molecular formula is C15H15N3O2. The predicted molar refractivity (Wildman–Crippen MR) is 74.7 cm³/mol. The number of aromatic nitrogens is 2. The highest BCUT2D eigenvalue weighted by atomic mass is 16.3. The van der Waals surface area contributed by atoms with Gasteiger partial charge < -0.3 is 14.1 Å². The number of hydrogen-bond acceptors (Lipinski definition) is 3. The van der Waals surface area contributed by atoms with E-state index in [0.29, 0.717) is 18.7 Å². The van der Waals surface area contributed by atoms with Crippen molar-refractivity contribution < 1.29 is 9.21 Å². The number of carbonyl (C=O) groups is 1. The first-order valence-corrected chi connectivity index (χ1v) is 6.49. The van der Waals surface area contributed by atoms with Crippen LogP contribution in [-0.4, -0.2) is 21.8 Å². The minimum absolute atomic E-state index is 0.193. The maximum Gasteiger partial charge on any atom is 0.287 e. The Morgan fingerprint density at radius 1 is 1.35 bits per heavy atom. The van der Waals surface area contributed by atoms with Crippen molar-refractivity contribution in [2.75, 3.05) is 6.54 Å². The van der Waals surface area contributed by atoms with Crippen LogP contribution < -0.4 is 5.32 Å². The van der Waals surface area contributed by atoms with Gasteiger partial charge in [0.25, 0.3) is 5.91 Å². The second-order valence-corrected chi connectivity index (χ2v) is 4.61. The summed E-state index contributed by atoms with van der Waals surface area (Å²) in [5.74, 6) is 0.884. The van der Waals surface area contributed by atoms with E-state index in [2.05, 4.69) is 10.3 Å². The molecule has 3 heterocycles. The van der Waals surface area contributed by atoms with Gasteiger partial charge in [-0.05, 0) is 31.2 Å². The molecule has 0 atom stereocenters. The van der Waals surface area contributed by atoms with Crippen LogP contribution in [-0.2, 0) is 6.42 Å². The molecule has 0 bridgehead atoms. The molecule has 0 aromatic carbocycles. The van der Waals surface area contributed by atoms with Gasteiger partial charge in [0, 0.05) is 25.4 Å². The fourth-order valence-corrected chi connectivity index (χ4v) is 2.06. The summed E-state index contributed by atoms with van der Waals surface area (Å²) < 4.78 is 7.23. The number of nitrogens with one attached hydrogen (secondary N) is 1. The van der Waals surface area contributed by atoms with Gasteiger partial charge in [-0.15, -0.1) is 0 Å². The van der Waals surface area contributed by atoms with Crippen LogP contribution >= 0.6 is 0 Å². The van der Waals surface area contributed by atoms with Crippen LogP contribution in [0.15, 0.2) is 47.1 Å². The normalized spacial score (nSPS) is 10.8. The van der Waals surface area contributed by atoms with Gasteiger partial charge in [-0.3, -0.25) is 4.79 Å². The molecule has 3 aromatic rings. The molecule has 5 nitrogen and oxygen atoms in total. The number of rotatable bonds is 4. The van der Waals surface area contributed by atoms with E-state index in [-0.39, 0.29) is 5.91 Å². The lowest BCUT2D eigenvalue weighted by Crippen LogP contribution is -2.25. The Labute approximate surface area is 116 Å². The highest BCUT2D eigenvalue weighted by Crippen LogP contribution is 2.07. The monoisotopic (exact) mass is 269 g/mol. The third-order valence-corrected chi connectivity index (χ3v) is 3.04. The first-order valence-electron chi connectivity index (χ1n) is 6.49. The summed E-state index contributed by atoms with van der Waals surface area (Å²) in [6, 6.07) is 9.31. The van der Waals surface area contributed by atoms with Crippen LogP contribution in [0.4, 0.5) is 0 Å². The molecule has 0 aliphatic carbocycles. The number of imidazole rings is 1. The lowest BCUT2D eigenvalue weighted by Gasteiger charge is -2.00. The van der Waals surface area contributed by atoms with Crippen LogP contribution in [0.5, 0.6) is 0 Å². The van der Waals surface area contributed by atoms with E-state index in [9.17, 15) is 4.79 Å². The first kappa shape index (κ1) is 12.5. The van der Waals surface area contributed by atoms with Crippen molar-refractivity contribution in [1.82, 2.24) is 14.7 Å². The lowest BCUT2D eigenvalue weighted by molar-refractivity contribution is 0.0925. The quantitative estimate of drug-likeness (QED) is 0.790. The number of furan rings is 1. The average molecular weight is 269 g/mol. The van der Waals surface area contributed by atoms with E-state index in [0.717, 1.165) is 17.1 Å². The van der Waals surface area contributed by atoms with Gasteiger partial charge in [-0.2, -0.15) is 0 Å². The fraction of sp³-hybridized carbons (Fsp3) is 0.200. The molecule has 0 saturated carbocycles. The third-order valence-electron chi connectivity index (χ3n) is 3.04. The molecule has 0 aliphatic rings. The lowest BCUT2D eigenvalue weighted by atomic mass is 10.3. The van der Waals surface area contributed by atoms with E-state index in [1.165, 1.54) is 0 Å². The molecule has 0 saturated heterocycles. The largest absolute Gasteiger partial charge is 0.456 e. The van der Waals surface area contributed by atoms with Crippen LogP contribution in [0.3, 0.4) is 0 Å². The SMILES string of the molecule is Cc1ccc(C(=O)NCCc2cn3ccccc3n2)o1. The number of aryl methyl sites for hydroxylation is 1. The molecule has 1 N–H and O–H groups in total. The van der Waals surface area contributed by atoms with Crippen molar-refractivity contribution in [2.45, 2.75) is 13.3 Å². The molecule has 0 aliphatic heterocycles. The van der Waals surface area contributed by atoms with Crippen LogP contribution in [0.2, 0.25) is 0 Å². The van der Waals surface area contributed by atoms with Gasteiger partial charge >= 0.3 is 0 Å². The highest BCUT2D eigenvalue weighted by Gasteiger charge is 2.09. The Morgan fingerprint density at radius 2 is 2.25 bits per heavy atom. The molecule has 1 amide bonds. The Bertz CT molecular complexity index is 709. The molecule has 20 heavy (non-hydrogen) atoms. The number of hydrogen-bond donors (Lipinski definition) is 1. The van der Waals surface area contributed by atoms with Crippen molar-refractivity contribution in [1.29, 1.82) is 0 Å². The Morgan fingerprint density at radius 3 is 3.00 bits per heavy atom. The molecule has 3 aromatic heterocycles. The molecular weight excluding hydrogens is 254 g/mol. The summed E-state index contributed by atoms with van der Waals surface area (Å²) in [4.78, 5) is 16.3. The maximum absolute atomic E-state index is 11.8. The standard InChI is InChI=1S/C15H15N3O2/c1-11-5-6-13(20-11)15(19)16-8-7-12-10-18-9-3-2-4-14(18)17-12/h2-6,9-10H,7-8H2,1H3,(H,16,19). The van der Waals surface area contributed by atoms with Crippen molar-refractivity contribution >= 4 is 11.6 Å². The maximum atomic E-state index is 11.8. The summed E-state index contributed by atoms with van der Waals surface area (Å²) in [6.45, 7) is 2.34. The van der Waals surface area contributed by atoms with Gasteiger partial charge in [0.1, 0.15) is 11.4 Å². The Kier molecular flexibility index (Phi) is 3.25. The molecule has 5 heteroatoms. The van der Waals surface area contributed by atoms with E-state index < -0.39 is 0 Å². The number of nitrogens with zero attached hydrogens (tertiary/aromatic N) is 2. The Hall–Kier alpha value is -2.56. The number of amides is 1. The molecule has 0 radical (unpaired) electrons. The average Bonchev–Trinajstić information content (AvgIpc) is 3.04. The smallest absolute Gasteiger partial charge is 0.287 e. The van der Waals surface area contributed by atoms with Gasteiger partial charge in [0.15, 0.2) is 5.76 Å². The second-order valence-electron chi connectivity index (χ2n) is 4.61. The Balaban J connectivity index is 1.58. The summed E-state index contributed by atoms with van der Waals surface area (Å²) in [6.07, 6.45) is 4.61. The van der Waals surface area contributed by atoms with Gasteiger partial charge in [0.2, 0.25) is 0 Å². The number of carbonyl (C=O) groups excluding carboxylic acids is 1. The summed E-state index contributed by atoms with van der Waals surface area (Å²) in [5, 5.41) is 2.82. The minimum Gasteiger partial charge on any atom is -0.456 e. The summed E-state index contributed by atoms with van der Waals surface area (Å²) in [7, 11) is 0. The molecule has 0 fully saturated rings. The van der Waals surface area contributed by atoms with Crippen LogP contribution in [0, 0.1) is 6.92 Å².